The molecule has 2 nitrogen and oxygen atoms in total. The van der Waals surface area contributed by atoms with E-state index in [1.165, 1.54) is 12.1 Å². The lowest BCUT2D eigenvalue weighted by atomic mass is 9.88. The van der Waals surface area contributed by atoms with Gasteiger partial charge in [0.15, 0.2) is 0 Å². The third-order valence-electron chi connectivity index (χ3n) is 3.24. The highest BCUT2D eigenvalue weighted by atomic mass is 19.1. The smallest absolute Gasteiger partial charge is 0.131 e. The number of hydrogen-bond acceptors (Lipinski definition) is 2. The average Bonchev–Trinajstić information content (AvgIpc) is 2.12. The molecule has 0 saturated carbocycles. The van der Waals surface area contributed by atoms with E-state index in [1.54, 1.807) is 0 Å². The molecule has 1 aliphatic heterocycles. The summed E-state index contributed by atoms with van der Waals surface area (Å²) >= 11 is 0. The van der Waals surface area contributed by atoms with Crippen molar-refractivity contribution in [1.29, 1.82) is 0 Å². The molecule has 1 aliphatic rings. The van der Waals surface area contributed by atoms with Gasteiger partial charge in [0.2, 0.25) is 0 Å². The molecule has 16 heavy (non-hydrogen) atoms. The predicted molar refractivity (Wildman–Crippen MR) is 57.0 cm³/mol. The van der Waals surface area contributed by atoms with Crippen molar-refractivity contribution in [3.8, 4) is 0 Å². The first-order chi connectivity index (χ1) is 7.41. The normalized spacial score (nSPS) is 18.6. The number of aliphatic hydroxyl groups is 1. The minimum atomic E-state index is -0.569. The Kier molecular flexibility index (Phi) is 2.72. The van der Waals surface area contributed by atoms with E-state index >= 15 is 0 Å². The average molecular weight is 227 g/mol. The molecule has 2 rings (SSSR count). The van der Waals surface area contributed by atoms with Crippen LogP contribution in [0.3, 0.4) is 0 Å². The van der Waals surface area contributed by atoms with Gasteiger partial charge in [-0.3, -0.25) is 4.90 Å². The van der Waals surface area contributed by atoms with Gasteiger partial charge in [-0.2, -0.15) is 0 Å². The first kappa shape index (κ1) is 11.5. The first-order valence-corrected chi connectivity index (χ1v) is 5.30. The second-order valence-corrected chi connectivity index (χ2v) is 4.74. The van der Waals surface area contributed by atoms with E-state index in [0.29, 0.717) is 18.7 Å². The highest BCUT2D eigenvalue weighted by Crippen LogP contribution is 2.33. The SMILES string of the molecule is CC(C)(c1ccc(F)cc1F)N1CC(O)C1. The molecule has 1 fully saturated rings. The summed E-state index contributed by atoms with van der Waals surface area (Å²) in [5.74, 6) is -1.10. The van der Waals surface area contributed by atoms with Crippen LogP contribution in [0.2, 0.25) is 0 Å². The summed E-state index contributed by atoms with van der Waals surface area (Å²) in [6, 6.07) is 3.62. The largest absolute Gasteiger partial charge is 0.390 e. The Bertz CT molecular complexity index is 400. The monoisotopic (exact) mass is 227 g/mol. The summed E-state index contributed by atoms with van der Waals surface area (Å²) in [7, 11) is 0. The first-order valence-electron chi connectivity index (χ1n) is 5.30. The third-order valence-corrected chi connectivity index (χ3v) is 3.24. The quantitative estimate of drug-likeness (QED) is 0.833. The molecule has 0 aliphatic carbocycles. The lowest BCUT2D eigenvalue weighted by Gasteiger charge is -2.47. The summed E-state index contributed by atoms with van der Waals surface area (Å²) in [5, 5.41) is 9.25. The van der Waals surface area contributed by atoms with Gasteiger partial charge in [0.05, 0.1) is 6.10 Å². The molecular weight excluding hydrogens is 212 g/mol. The molecule has 0 amide bonds. The Morgan fingerprint density at radius 1 is 1.31 bits per heavy atom. The Morgan fingerprint density at radius 3 is 2.44 bits per heavy atom. The number of likely N-dealkylation sites (tertiary alicyclic amines) is 1. The summed E-state index contributed by atoms with van der Waals surface area (Å²) < 4.78 is 26.4. The molecular formula is C12H15F2NO. The van der Waals surface area contributed by atoms with Crippen molar-refractivity contribution in [2.45, 2.75) is 25.5 Å². The van der Waals surface area contributed by atoms with Crippen molar-refractivity contribution in [1.82, 2.24) is 4.90 Å². The predicted octanol–water partition coefficient (Wildman–Crippen LogP) is 1.88. The molecule has 1 N–H and O–H groups in total. The van der Waals surface area contributed by atoms with Crippen molar-refractivity contribution < 1.29 is 13.9 Å². The van der Waals surface area contributed by atoms with E-state index in [-0.39, 0.29) is 6.10 Å². The second-order valence-electron chi connectivity index (χ2n) is 4.74. The van der Waals surface area contributed by atoms with Crippen molar-refractivity contribution >= 4 is 0 Å². The van der Waals surface area contributed by atoms with Gasteiger partial charge in [0, 0.05) is 30.3 Å². The third kappa shape index (κ3) is 1.83. The molecule has 0 aromatic heterocycles. The number of hydrogen-bond donors (Lipinski definition) is 1. The van der Waals surface area contributed by atoms with E-state index in [9.17, 15) is 13.9 Å². The molecule has 0 radical (unpaired) electrons. The Morgan fingerprint density at radius 2 is 1.94 bits per heavy atom. The number of aliphatic hydroxyl groups excluding tert-OH is 1. The number of β-amino-alcohol motifs (C(OH)–C–C–N with tert-alkyl or cyclic N) is 1. The van der Waals surface area contributed by atoms with Crippen molar-refractivity contribution in [3.05, 3.63) is 35.4 Å². The molecule has 4 heteroatoms. The van der Waals surface area contributed by atoms with E-state index < -0.39 is 17.2 Å². The number of nitrogens with zero attached hydrogens (tertiary/aromatic N) is 1. The zero-order valence-electron chi connectivity index (χ0n) is 9.37. The fourth-order valence-corrected chi connectivity index (χ4v) is 2.07. The number of benzene rings is 1. The number of rotatable bonds is 2. The molecule has 1 heterocycles. The molecule has 1 aromatic rings. The van der Waals surface area contributed by atoms with Crippen LogP contribution in [-0.2, 0) is 5.54 Å². The zero-order chi connectivity index (χ0) is 11.9. The molecule has 0 bridgehead atoms. The fourth-order valence-electron chi connectivity index (χ4n) is 2.07. The van der Waals surface area contributed by atoms with Crippen LogP contribution in [0.1, 0.15) is 19.4 Å². The summed E-state index contributed by atoms with van der Waals surface area (Å²) in [4.78, 5) is 1.97. The minimum Gasteiger partial charge on any atom is -0.390 e. The maximum atomic E-state index is 13.6. The second kappa shape index (κ2) is 3.79. The van der Waals surface area contributed by atoms with E-state index in [4.69, 9.17) is 0 Å². The van der Waals surface area contributed by atoms with Crippen LogP contribution >= 0.6 is 0 Å². The van der Waals surface area contributed by atoms with Crippen molar-refractivity contribution in [3.63, 3.8) is 0 Å². The van der Waals surface area contributed by atoms with Gasteiger partial charge < -0.3 is 5.11 Å². The highest BCUT2D eigenvalue weighted by molar-refractivity contribution is 5.26. The molecule has 0 atom stereocenters. The summed E-state index contributed by atoms with van der Waals surface area (Å²) in [6.45, 7) is 4.80. The van der Waals surface area contributed by atoms with E-state index in [2.05, 4.69) is 0 Å². The van der Waals surface area contributed by atoms with Gasteiger partial charge in [-0.15, -0.1) is 0 Å². The Balaban J connectivity index is 2.28. The maximum absolute atomic E-state index is 13.6. The maximum Gasteiger partial charge on any atom is 0.131 e. The van der Waals surface area contributed by atoms with Crippen LogP contribution < -0.4 is 0 Å². The highest BCUT2D eigenvalue weighted by Gasteiger charge is 2.38. The van der Waals surface area contributed by atoms with Crippen LogP contribution in [0.4, 0.5) is 8.78 Å². The van der Waals surface area contributed by atoms with E-state index in [0.717, 1.165) is 6.07 Å². The van der Waals surface area contributed by atoms with Gasteiger partial charge in [0.1, 0.15) is 11.6 Å². The van der Waals surface area contributed by atoms with Gasteiger partial charge in [-0.05, 0) is 19.9 Å². The van der Waals surface area contributed by atoms with Gasteiger partial charge in [0.25, 0.3) is 0 Å². The molecule has 88 valence electrons. The summed E-state index contributed by atoms with van der Waals surface area (Å²) in [5.41, 5.74) is -0.0578. The lowest BCUT2D eigenvalue weighted by molar-refractivity contribution is -0.0585. The lowest BCUT2D eigenvalue weighted by Crippen LogP contribution is -2.58. The topological polar surface area (TPSA) is 23.5 Å². The number of halogens is 2. The minimum absolute atomic E-state index is 0.331. The van der Waals surface area contributed by atoms with Crippen molar-refractivity contribution in [2.75, 3.05) is 13.1 Å². The Labute approximate surface area is 93.5 Å². The van der Waals surface area contributed by atoms with Crippen LogP contribution in [0.15, 0.2) is 18.2 Å². The molecule has 1 aromatic carbocycles. The van der Waals surface area contributed by atoms with E-state index in [1.807, 2.05) is 18.7 Å². The van der Waals surface area contributed by atoms with Gasteiger partial charge in [-0.1, -0.05) is 6.07 Å². The summed E-state index contributed by atoms with van der Waals surface area (Å²) in [6.07, 6.45) is -0.331. The zero-order valence-corrected chi connectivity index (χ0v) is 9.37. The standard InChI is InChI=1S/C12H15F2NO/c1-12(2,15-6-9(16)7-15)10-4-3-8(13)5-11(10)14/h3-5,9,16H,6-7H2,1-2H3. The van der Waals surface area contributed by atoms with Crippen LogP contribution in [0.5, 0.6) is 0 Å². The molecule has 1 saturated heterocycles. The van der Waals surface area contributed by atoms with Crippen LogP contribution in [0.25, 0.3) is 0 Å². The van der Waals surface area contributed by atoms with Crippen LogP contribution in [0, 0.1) is 11.6 Å². The Hall–Kier alpha value is -1.00. The van der Waals surface area contributed by atoms with Crippen molar-refractivity contribution in [2.24, 2.45) is 0 Å². The van der Waals surface area contributed by atoms with Gasteiger partial charge in [-0.25, -0.2) is 8.78 Å². The van der Waals surface area contributed by atoms with Gasteiger partial charge >= 0.3 is 0 Å². The molecule has 0 spiro atoms. The van der Waals surface area contributed by atoms with Crippen LogP contribution in [-0.4, -0.2) is 29.2 Å². The fraction of sp³-hybridized carbons (Fsp3) is 0.500. The molecule has 0 unspecified atom stereocenters.